The van der Waals surface area contributed by atoms with Crippen LogP contribution in [0, 0.1) is 11.3 Å². The highest BCUT2D eigenvalue weighted by atomic mass is 16.6. The fourth-order valence-corrected chi connectivity index (χ4v) is 14.3. The van der Waals surface area contributed by atoms with Gasteiger partial charge in [-0.25, -0.2) is 0 Å². The zero-order chi connectivity index (χ0) is 65.8. The first-order valence-electron chi connectivity index (χ1n) is 40.5. The molecule has 0 aliphatic carbocycles. The van der Waals surface area contributed by atoms with E-state index in [1.807, 2.05) is 0 Å². The lowest BCUT2D eigenvalue weighted by atomic mass is 9.73. The number of carbonyl (C=O) groups is 4. The summed E-state index contributed by atoms with van der Waals surface area (Å²) in [5.41, 5.74) is -2.64. The average molecular weight is 1300 g/mol. The molecule has 0 aromatic heterocycles. The lowest BCUT2D eigenvalue weighted by Crippen LogP contribution is -2.57. The molecule has 4 aliphatic heterocycles. The van der Waals surface area contributed by atoms with E-state index in [-0.39, 0.29) is 32.8 Å². The monoisotopic (exact) mass is 1300 g/mol. The standard InChI is InChI=1S/C80H146O12/c1-6-11-15-19-31-43-55-68-72(89-68)59-47-35-23-27-39-51-63-85-76(81)67(10-5)80(77(82)86-64-52-40-28-24-36-48-60-73-69(90-73)56-44-32-20-16-12-7-2,78(83)87-65-53-41-29-25-37-49-61-74-70(91-74)57-45-33-21-17-13-8-3)79(84)88-66-54-42-30-26-38-50-62-75-71(92-75)58-46-34-22-18-14-9-4/h67-75H,6-66H2,1-5H3. The number of rotatable bonds is 70. The molecule has 9 atom stereocenters. The van der Waals surface area contributed by atoms with Crippen LogP contribution in [0.1, 0.15) is 401 Å². The van der Waals surface area contributed by atoms with Crippen LogP contribution in [-0.2, 0) is 57.1 Å². The van der Waals surface area contributed by atoms with Crippen LogP contribution in [0.2, 0.25) is 0 Å². The molecule has 92 heavy (non-hydrogen) atoms. The molecule has 12 nitrogen and oxygen atoms in total. The summed E-state index contributed by atoms with van der Waals surface area (Å²) in [5.74, 6) is -5.43. The van der Waals surface area contributed by atoms with Crippen molar-refractivity contribution in [2.24, 2.45) is 11.3 Å². The maximum Gasteiger partial charge on any atom is 0.336 e. The molecule has 4 saturated heterocycles. The maximum atomic E-state index is 14.9. The Morgan fingerprint density at radius 2 is 0.424 bits per heavy atom. The fraction of sp³-hybridized carbons (Fsp3) is 0.950. The Hall–Kier alpha value is -2.28. The van der Waals surface area contributed by atoms with E-state index in [0.717, 1.165) is 154 Å². The van der Waals surface area contributed by atoms with Crippen molar-refractivity contribution < 1.29 is 57.1 Å². The summed E-state index contributed by atoms with van der Waals surface area (Å²) in [7, 11) is 0. The highest BCUT2D eigenvalue weighted by molar-refractivity contribution is 6.20. The number of hydrogen-bond donors (Lipinski definition) is 0. The molecule has 4 rings (SSSR count). The van der Waals surface area contributed by atoms with Crippen LogP contribution >= 0.6 is 0 Å². The quantitative estimate of drug-likeness (QED) is 0.0187. The van der Waals surface area contributed by atoms with Crippen molar-refractivity contribution >= 4 is 23.9 Å². The van der Waals surface area contributed by atoms with Gasteiger partial charge < -0.3 is 37.9 Å². The third-order valence-corrected chi connectivity index (χ3v) is 20.8. The normalized spacial score (nSPS) is 21.4. The van der Waals surface area contributed by atoms with Crippen LogP contribution in [0.5, 0.6) is 0 Å². The van der Waals surface area contributed by atoms with Gasteiger partial charge in [-0.3, -0.25) is 19.2 Å². The summed E-state index contributed by atoms with van der Waals surface area (Å²) in [6.07, 6.45) is 67.7. The molecule has 0 bridgehead atoms. The number of unbranched alkanes of at least 4 members (excludes halogenated alkanes) is 40. The zero-order valence-electron chi connectivity index (χ0n) is 60.7. The first-order chi connectivity index (χ1) is 45.2. The Morgan fingerprint density at radius 3 is 0.620 bits per heavy atom. The van der Waals surface area contributed by atoms with Crippen LogP contribution < -0.4 is 0 Å². The molecule has 0 saturated carbocycles. The highest BCUT2D eigenvalue weighted by Gasteiger charge is 2.65. The van der Waals surface area contributed by atoms with E-state index in [4.69, 9.17) is 37.9 Å². The fourth-order valence-electron chi connectivity index (χ4n) is 14.3. The molecule has 0 aromatic rings. The minimum absolute atomic E-state index is 0.00820. The largest absolute Gasteiger partial charge is 0.465 e. The summed E-state index contributed by atoms with van der Waals surface area (Å²) in [4.78, 5) is 59.0. The van der Waals surface area contributed by atoms with Crippen molar-refractivity contribution in [2.45, 2.75) is 449 Å². The average Bonchev–Trinajstić information content (AvgIpc) is 1.39. The van der Waals surface area contributed by atoms with Gasteiger partial charge in [0.1, 0.15) is 0 Å². The molecule has 4 fully saturated rings. The molecule has 0 amide bonds. The van der Waals surface area contributed by atoms with Gasteiger partial charge in [0.15, 0.2) is 0 Å². The second-order valence-electron chi connectivity index (χ2n) is 29.1. The summed E-state index contributed by atoms with van der Waals surface area (Å²) < 4.78 is 47.8. The Balaban J connectivity index is 1.27. The zero-order valence-corrected chi connectivity index (χ0v) is 60.7. The van der Waals surface area contributed by atoms with E-state index in [0.29, 0.717) is 74.5 Å². The first-order valence-corrected chi connectivity index (χ1v) is 40.5. The summed E-state index contributed by atoms with van der Waals surface area (Å²) >= 11 is 0. The molecule has 538 valence electrons. The lowest BCUT2D eigenvalue weighted by molar-refractivity contribution is -0.195. The Morgan fingerprint density at radius 1 is 0.250 bits per heavy atom. The van der Waals surface area contributed by atoms with Gasteiger partial charge in [0.05, 0.1) is 81.2 Å². The van der Waals surface area contributed by atoms with Gasteiger partial charge in [-0.2, -0.15) is 0 Å². The number of carbonyl (C=O) groups excluding carboxylic acids is 4. The number of epoxide rings is 4. The van der Waals surface area contributed by atoms with E-state index in [9.17, 15) is 19.2 Å². The number of esters is 4. The van der Waals surface area contributed by atoms with Crippen LogP contribution in [-0.4, -0.2) is 99.1 Å². The van der Waals surface area contributed by atoms with Crippen molar-refractivity contribution in [3.8, 4) is 0 Å². The van der Waals surface area contributed by atoms with Crippen LogP contribution in [0.25, 0.3) is 0 Å². The lowest BCUT2D eigenvalue weighted by Gasteiger charge is -2.32. The highest BCUT2D eigenvalue weighted by Crippen LogP contribution is 2.39. The number of hydrogen-bond acceptors (Lipinski definition) is 12. The van der Waals surface area contributed by atoms with E-state index < -0.39 is 35.2 Å². The Bertz CT molecular complexity index is 1650. The SMILES string of the molecule is CCCCCCCCC1OC1CCCCCCCCOC(=O)C(CC)C(C(=O)OCCCCCCCCC1OC1CCCCCCCC)(C(=O)OCCCCCCCCC1OC1CCCCCCCC)C(=O)OCCCCCCCCC1OC1CCCCCCCC. The molecular weight excluding hydrogens is 1150 g/mol. The topological polar surface area (TPSA) is 155 Å². The Labute approximate surface area is 565 Å². The van der Waals surface area contributed by atoms with Crippen LogP contribution in [0.4, 0.5) is 0 Å². The third kappa shape index (κ3) is 38.0. The molecule has 9 unspecified atom stereocenters. The van der Waals surface area contributed by atoms with Crippen LogP contribution in [0.15, 0.2) is 0 Å². The second-order valence-corrected chi connectivity index (χ2v) is 29.1. The van der Waals surface area contributed by atoms with Gasteiger partial charge >= 0.3 is 23.9 Å². The van der Waals surface area contributed by atoms with Gasteiger partial charge in [-0.1, -0.05) is 317 Å². The predicted octanol–water partition coefficient (Wildman–Crippen LogP) is 22.2. The minimum atomic E-state index is -2.64. The smallest absolute Gasteiger partial charge is 0.336 e. The van der Waals surface area contributed by atoms with Gasteiger partial charge in [-0.15, -0.1) is 0 Å². The third-order valence-electron chi connectivity index (χ3n) is 20.8. The van der Waals surface area contributed by atoms with Crippen LogP contribution in [0.3, 0.4) is 0 Å². The maximum absolute atomic E-state index is 14.9. The Kier molecular flexibility index (Phi) is 48.8. The molecule has 0 aromatic carbocycles. The molecular formula is C80H146O12. The molecule has 4 heterocycles. The van der Waals surface area contributed by atoms with Gasteiger partial charge in [-0.05, 0) is 83.5 Å². The molecule has 0 radical (unpaired) electrons. The summed E-state index contributed by atoms with van der Waals surface area (Å²) in [5, 5.41) is 0. The van der Waals surface area contributed by atoms with E-state index in [1.165, 1.54) is 180 Å². The van der Waals surface area contributed by atoms with Crippen molar-refractivity contribution in [3.63, 3.8) is 0 Å². The van der Waals surface area contributed by atoms with Gasteiger partial charge in [0, 0.05) is 0 Å². The van der Waals surface area contributed by atoms with Crippen molar-refractivity contribution in [1.29, 1.82) is 0 Å². The van der Waals surface area contributed by atoms with E-state index in [2.05, 4.69) is 27.7 Å². The second kappa shape index (κ2) is 54.7. The molecule has 0 spiro atoms. The van der Waals surface area contributed by atoms with Gasteiger partial charge in [0.2, 0.25) is 0 Å². The summed E-state index contributed by atoms with van der Waals surface area (Å²) in [6.45, 7) is 11.0. The molecule has 0 N–H and O–H groups in total. The predicted molar refractivity (Wildman–Crippen MR) is 376 cm³/mol. The minimum Gasteiger partial charge on any atom is -0.465 e. The van der Waals surface area contributed by atoms with Gasteiger partial charge in [0.25, 0.3) is 5.41 Å². The number of ether oxygens (including phenoxy) is 8. The van der Waals surface area contributed by atoms with E-state index >= 15 is 0 Å². The van der Waals surface area contributed by atoms with E-state index in [1.54, 1.807) is 6.92 Å². The molecule has 4 aliphatic rings. The first kappa shape index (κ1) is 82.1. The molecule has 12 heteroatoms. The van der Waals surface area contributed by atoms with Crippen molar-refractivity contribution in [1.82, 2.24) is 0 Å². The van der Waals surface area contributed by atoms with Crippen molar-refractivity contribution in [3.05, 3.63) is 0 Å². The van der Waals surface area contributed by atoms with Crippen molar-refractivity contribution in [2.75, 3.05) is 26.4 Å². The summed E-state index contributed by atoms with van der Waals surface area (Å²) in [6, 6.07) is 0.